The third-order valence-corrected chi connectivity index (χ3v) is 5.61. The molecule has 116 valence electrons. The van der Waals surface area contributed by atoms with Crippen molar-refractivity contribution < 1.29 is 14.6 Å². The maximum atomic E-state index is 10.8. The molecule has 1 N–H and O–H groups in total. The first kappa shape index (κ1) is 15.2. The summed E-state index contributed by atoms with van der Waals surface area (Å²) in [4.78, 5) is 1.16. The van der Waals surface area contributed by atoms with Crippen molar-refractivity contribution in [3.63, 3.8) is 0 Å². The van der Waals surface area contributed by atoms with Gasteiger partial charge >= 0.3 is 0 Å². The average molecular weight is 308 g/mol. The zero-order valence-corrected chi connectivity index (χ0v) is 13.9. The number of thioether (sulfide) groups is 1. The van der Waals surface area contributed by atoms with Gasteiger partial charge in [0, 0.05) is 16.6 Å². The van der Waals surface area contributed by atoms with E-state index in [2.05, 4.69) is 33.8 Å². The summed E-state index contributed by atoms with van der Waals surface area (Å²) in [6, 6.07) is 8.03. The Hall–Kier alpha value is -0.710. The summed E-state index contributed by atoms with van der Waals surface area (Å²) >= 11 is 1.76. The van der Waals surface area contributed by atoms with Crippen molar-refractivity contribution in [2.24, 2.45) is 5.92 Å². The number of hydrogen-bond acceptors (Lipinski definition) is 4. The molecule has 1 fully saturated rings. The van der Waals surface area contributed by atoms with Gasteiger partial charge in [0.1, 0.15) is 11.9 Å². The minimum atomic E-state index is -0.511. The molecule has 3 atom stereocenters. The van der Waals surface area contributed by atoms with Crippen LogP contribution in [0.25, 0.3) is 0 Å². The van der Waals surface area contributed by atoms with Gasteiger partial charge in [-0.3, -0.25) is 0 Å². The molecule has 3 unspecified atom stereocenters. The summed E-state index contributed by atoms with van der Waals surface area (Å²) in [5.74, 6) is 1.75. The van der Waals surface area contributed by atoms with Crippen molar-refractivity contribution >= 4 is 11.8 Å². The van der Waals surface area contributed by atoms with Gasteiger partial charge in [0.2, 0.25) is 0 Å². The molecule has 0 amide bonds. The number of aliphatic hydroxyl groups excluding tert-OH is 1. The Morgan fingerprint density at radius 1 is 1.24 bits per heavy atom. The van der Waals surface area contributed by atoms with Crippen molar-refractivity contribution in [3.05, 3.63) is 24.3 Å². The molecule has 21 heavy (non-hydrogen) atoms. The second kappa shape index (κ2) is 5.18. The molecular formula is C17H24O3S. The summed E-state index contributed by atoms with van der Waals surface area (Å²) in [5.41, 5.74) is -0.511. The topological polar surface area (TPSA) is 38.7 Å². The standard InChI is InChI=1S/C17H24O3S/c1-16(2)9-11(17(3,4)20-16)15(18)13-10-21-14-8-6-5-7-12(14)19-13/h5-8,11,13,15,18H,9-10H2,1-4H3. The molecule has 0 radical (unpaired) electrons. The number of benzene rings is 1. The fourth-order valence-electron chi connectivity index (χ4n) is 3.60. The average Bonchev–Trinajstić information content (AvgIpc) is 2.65. The summed E-state index contributed by atoms with van der Waals surface area (Å²) in [5, 5.41) is 10.8. The molecule has 2 aliphatic rings. The first-order chi connectivity index (χ1) is 9.78. The molecule has 2 heterocycles. The molecule has 0 aromatic heterocycles. The second-order valence-corrected chi connectivity index (χ2v) is 8.24. The van der Waals surface area contributed by atoms with Crippen LogP contribution in [-0.4, -0.2) is 34.3 Å². The lowest BCUT2D eigenvalue weighted by molar-refractivity contribution is -0.0983. The van der Waals surface area contributed by atoms with Crippen molar-refractivity contribution in [2.45, 2.75) is 62.4 Å². The third kappa shape index (κ3) is 2.94. The van der Waals surface area contributed by atoms with E-state index in [1.807, 2.05) is 18.2 Å². The van der Waals surface area contributed by atoms with E-state index in [0.717, 1.165) is 22.8 Å². The van der Waals surface area contributed by atoms with E-state index >= 15 is 0 Å². The number of rotatable bonds is 2. The van der Waals surface area contributed by atoms with Crippen LogP contribution in [0.4, 0.5) is 0 Å². The predicted octanol–water partition coefficient (Wildman–Crippen LogP) is 3.49. The van der Waals surface area contributed by atoms with E-state index in [4.69, 9.17) is 9.47 Å². The smallest absolute Gasteiger partial charge is 0.134 e. The van der Waals surface area contributed by atoms with E-state index in [-0.39, 0.29) is 23.2 Å². The van der Waals surface area contributed by atoms with E-state index in [1.165, 1.54) is 0 Å². The number of para-hydroxylation sites is 1. The second-order valence-electron chi connectivity index (χ2n) is 7.18. The highest BCUT2D eigenvalue weighted by molar-refractivity contribution is 7.99. The normalized spacial score (nSPS) is 31.3. The Morgan fingerprint density at radius 2 is 1.95 bits per heavy atom. The highest BCUT2D eigenvalue weighted by atomic mass is 32.2. The molecule has 0 bridgehead atoms. The van der Waals surface area contributed by atoms with E-state index in [1.54, 1.807) is 11.8 Å². The molecule has 0 spiro atoms. The lowest BCUT2D eigenvalue weighted by Gasteiger charge is -2.36. The van der Waals surface area contributed by atoms with Gasteiger partial charge in [0.05, 0.1) is 17.3 Å². The predicted molar refractivity (Wildman–Crippen MR) is 84.9 cm³/mol. The summed E-state index contributed by atoms with van der Waals surface area (Å²) in [6.45, 7) is 8.32. The largest absolute Gasteiger partial charge is 0.486 e. The molecule has 1 aromatic carbocycles. The van der Waals surface area contributed by atoms with Crippen LogP contribution < -0.4 is 4.74 Å². The molecule has 1 saturated heterocycles. The minimum Gasteiger partial charge on any atom is -0.486 e. The van der Waals surface area contributed by atoms with Crippen molar-refractivity contribution in [1.82, 2.24) is 0 Å². The van der Waals surface area contributed by atoms with E-state index < -0.39 is 6.10 Å². The lowest BCUT2D eigenvalue weighted by atomic mass is 9.81. The summed E-state index contributed by atoms with van der Waals surface area (Å²) in [7, 11) is 0. The van der Waals surface area contributed by atoms with Crippen LogP contribution in [0, 0.1) is 5.92 Å². The van der Waals surface area contributed by atoms with Gasteiger partial charge in [0.25, 0.3) is 0 Å². The van der Waals surface area contributed by atoms with Crippen LogP contribution in [0.2, 0.25) is 0 Å². The first-order valence-electron chi connectivity index (χ1n) is 7.55. The fourth-order valence-corrected chi connectivity index (χ4v) is 4.64. The van der Waals surface area contributed by atoms with Crippen LogP contribution in [-0.2, 0) is 4.74 Å². The summed E-state index contributed by atoms with van der Waals surface area (Å²) in [6.07, 6.45) is 0.169. The van der Waals surface area contributed by atoms with Crippen LogP contribution >= 0.6 is 11.8 Å². The Labute approximate surface area is 131 Å². The molecule has 1 aromatic rings. The van der Waals surface area contributed by atoms with Gasteiger partial charge in [-0.25, -0.2) is 0 Å². The quantitative estimate of drug-likeness (QED) is 0.907. The molecule has 0 aliphatic carbocycles. The van der Waals surface area contributed by atoms with Crippen molar-refractivity contribution in [1.29, 1.82) is 0 Å². The van der Waals surface area contributed by atoms with Crippen LogP contribution in [0.5, 0.6) is 5.75 Å². The molecular weight excluding hydrogens is 284 g/mol. The molecule has 3 rings (SSSR count). The third-order valence-electron chi connectivity index (χ3n) is 4.47. The van der Waals surface area contributed by atoms with Crippen LogP contribution in [0.15, 0.2) is 29.2 Å². The van der Waals surface area contributed by atoms with Gasteiger partial charge in [-0.2, -0.15) is 0 Å². The van der Waals surface area contributed by atoms with Gasteiger partial charge in [-0.15, -0.1) is 11.8 Å². The Morgan fingerprint density at radius 3 is 2.62 bits per heavy atom. The number of aliphatic hydroxyl groups is 1. The molecule has 2 aliphatic heterocycles. The highest BCUT2D eigenvalue weighted by Gasteiger charge is 2.51. The number of hydrogen-bond donors (Lipinski definition) is 1. The van der Waals surface area contributed by atoms with Gasteiger partial charge in [-0.1, -0.05) is 12.1 Å². The molecule has 3 nitrogen and oxygen atoms in total. The minimum absolute atomic E-state index is 0.0864. The van der Waals surface area contributed by atoms with Gasteiger partial charge < -0.3 is 14.6 Å². The van der Waals surface area contributed by atoms with Crippen LogP contribution in [0.1, 0.15) is 34.1 Å². The lowest BCUT2D eigenvalue weighted by Crippen LogP contribution is -2.46. The Bertz CT molecular complexity index is 527. The van der Waals surface area contributed by atoms with E-state index in [0.29, 0.717) is 0 Å². The fraction of sp³-hybridized carbons (Fsp3) is 0.647. The van der Waals surface area contributed by atoms with Crippen molar-refractivity contribution in [2.75, 3.05) is 5.75 Å². The van der Waals surface area contributed by atoms with Crippen LogP contribution in [0.3, 0.4) is 0 Å². The molecule has 4 heteroatoms. The van der Waals surface area contributed by atoms with E-state index in [9.17, 15) is 5.11 Å². The van der Waals surface area contributed by atoms with Gasteiger partial charge in [0.15, 0.2) is 0 Å². The van der Waals surface area contributed by atoms with Gasteiger partial charge in [-0.05, 0) is 46.2 Å². The zero-order valence-electron chi connectivity index (χ0n) is 13.1. The molecule has 0 saturated carbocycles. The SMILES string of the molecule is CC1(C)CC(C(O)C2CSc3ccccc3O2)C(C)(C)O1. The maximum Gasteiger partial charge on any atom is 0.134 e. The highest BCUT2D eigenvalue weighted by Crippen LogP contribution is 2.46. The maximum absolute atomic E-state index is 10.8. The number of fused-ring (bicyclic) bond motifs is 1. The van der Waals surface area contributed by atoms with Crippen molar-refractivity contribution in [3.8, 4) is 5.75 Å². The Kier molecular flexibility index (Phi) is 3.75. The zero-order chi connectivity index (χ0) is 15.3. The first-order valence-corrected chi connectivity index (χ1v) is 8.54. The number of ether oxygens (including phenoxy) is 2. The summed E-state index contributed by atoms with van der Waals surface area (Å²) < 4.78 is 12.1. The Balaban J connectivity index is 1.76. The monoisotopic (exact) mass is 308 g/mol.